The molecule has 2 N–H and O–H groups in total. The number of carbonyl (C=O) groups excluding carboxylic acids is 1. The number of anilines is 1. The van der Waals surface area contributed by atoms with E-state index in [1.54, 1.807) is 26.2 Å². The lowest BCUT2D eigenvalue weighted by atomic mass is 10.2. The molecule has 0 aliphatic rings. The maximum atomic E-state index is 13.0. The van der Waals surface area contributed by atoms with Crippen molar-refractivity contribution in [3.63, 3.8) is 0 Å². The third-order valence-electron chi connectivity index (χ3n) is 2.44. The Morgan fingerprint density at radius 2 is 2.22 bits per heavy atom. The molecule has 1 aromatic rings. The van der Waals surface area contributed by atoms with Crippen molar-refractivity contribution < 1.29 is 13.9 Å². The maximum absolute atomic E-state index is 13.0. The Balaban J connectivity index is 2.40. The van der Waals surface area contributed by atoms with Crippen molar-refractivity contribution in [1.82, 2.24) is 5.32 Å². The first-order valence-corrected chi connectivity index (χ1v) is 5.81. The molecule has 1 aromatic carbocycles. The molecule has 0 saturated heterocycles. The minimum absolute atomic E-state index is 0.0285. The van der Waals surface area contributed by atoms with Crippen LogP contribution in [0, 0.1) is 12.7 Å². The molecular formula is C13H19FN2O2. The van der Waals surface area contributed by atoms with E-state index < -0.39 is 0 Å². The Labute approximate surface area is 107 Å². The molecule has 1 rings (SSSR count). The highest BCUT2D eigenvalue weighted by atomic mass is 19.1. The van der Waals surface area contributed by atoms with E-state index in [0.717, 1.165) is 5.69 Å². The van der Waals surface area contributed by atoms with E-state index in [0.29, 0.717) is 12.2 Å². The maximum Gasteiger partial charge on any atom is 0.239 e. The second kappa shape index (κ2) is 6.96. The van der Waals surface area contributed by atoms with Crippen LogP contribution in [0.25, 0.3) is 0 Å². The predicted molar refractivity (Wildman–Crippen MR) is 69.1 cm³/mol. The Morgan fingerprint density at radius 3 is 2.83 bits per heavy atom. The van der Waals surface area contributed by atoms with Gasteiger partial charge in [-0.3, -0.25) is 4.79 Å². The van der Waals surface area contributed by atoms with Crippen LogP contribution in [0.4, 0.5) is 10.1 Å². The molecule has 1 unspecified atom stereocenters. The number of benzene rings is 1. The number of carbonyl (C=O) groups is 1. The number of methoxy groups -OCH3 is 1. The molecule has 100 valence electrons. The summed E-state index contributed by atoms with van der Waals surface area (Å²) in [4.78, 5) is 11.6. The van der Waals surface area contributed by atoms with Crippen molar-refractivity contribution in [3.8, 4) is 0 Å². The minimum atomic E-state index is -0.251. The second-order valence-electron chi connectivity index (χ2n) is 4.24. The van der Waals surface area contributed by atoms with Crippen molar-refractivity contribution in [2.75, 3.05) is 25.6 Å². The fourth-order valence-electron chi connectivity index (χ4n) is 1.55. The molecule has 0 radical (unpaired) electrons. The van der Waals surface area contributed by atoms with E-state index in [2.05, 4.69) is 10.6 Å². The van der Waals surface area contributed by atoms with Gasteiger partial charge in [-0.2, -0.15) is 0 Å². The number of hydrogen-bond acceptors (Lipinski definition) is 3. The van der Waals surface area contributed by atoms with Gasteiger partial charge in [0.2, 0.25) is 5.91 Å². The number of halogens is 1. The number of nitrogens with one attached hydrogen (secondary N) is 2. The van der Waals surface area contributed by atoms with Gasteiger partial charge in [-0.1, -0.05) is 0 Å². The van der Waals surface area contributed by atoms with Gasteiger partial charge in [0.1, 0.15) is 5.82 Å². The van der Waals surface area contributed by atoms with Crippen molar-refractivity contribution in [2.24, 2.45) is 0 Å². The van der Waals surface area contributed by atoms with Crippen molar-refractivity contribution in [2.45, 2.75) is 19.9 Å². The fraction of sp³-hybridized carbons (Fsp3) is 0.462. The summed E-state index contributed by atoms with van der Waals surface area (Å²) in [6.07, 6.45) is 0. The summed E-state index contributed by atoms with van der Waals surface area (Å²) in [7, 11) is 1.59. The number of aryl methyl sites for hydroxylation is 1. The smallest absolute Gasteiger partial charge is 0.239 e. The molecule has 0 spiro atoms. The summed E-state index contributed by atoms with van der Waals surface area (Å²) >= 11 is 0. The van der Waals surface area contributed by atoms with E-state index in [4.69, 9.17) is 4.74 Å². The van der Waals surface area contributed by atoms with Crippen LogP contribution in [0.1, 0.15) is 12.5 Å². The zero-order valence-electron chi connectivity index (χ0n) is 10.9. The second-order valence-corrected chi connectivity index (χ2v) is 4.24. The Kier molecular flexibility index (Phi) is 5.58. The number of hydrogen-bond donors (Lipinski definition) is 2. The van der Waals surface area contributed by atoms with Gasteiger partial charge in [0.05, 0.1) is 13.2 Å². The van der Waals surface area contributed by atoms with Gasteiger partial charge in [0, 0.05) is 18.8 Å². The van der Waals surface area contributed by atoms with Crippen LogP contribution in [0.2, 0.25) is 0 Å². The first-order chi connectivity index (χ1) is 8.52. The van der Waals surface area contributed by atoms with Gasteiger partial charge in [0.25, 0.3) is 0 Å². The molecule has 0 heterocycles. The number of ether oxygens (including phenoxy) is 1. The molecule has 1 atom stereocenters. The molecule has 0 fully saturated rings. The highest BCUT2D eigenvalue weighted by Gasteiger charge is 2.06. The lowest BCUT2D eigenvalue weighted by molar-refractivity contribution is -0.120. The standard InChI is InChI=1S/C13H19FN2O2/c1-9-6-11(4-5-12(9)14)15-7-13(17)16-10(2)8-18-3/h4-6,10,15H,7-8H2,1-3H3,(H,16,17). The van der Waals surface area contributed by atoms with E-state index in [-0.39, 0.29) is 24.3 Å². The zero-order chi connectivity index (χ0) is 13.5. The lowest BCUT2D eigenvalue weighted by Crippen LogP contribution is -2.39. The lowest BCUT2D eigenvalue weighted by Gasteiger charge is -2.13. The molecule has 0 aliphatic heterocycles. The van der Waals surface area contributed by atoms with E-state index in [9.17, 15) is 9.18 Å². The van der Waals surface area contributed by atoms with Gasteiger partial charge in [-0.15, -0.1) is 0 Å². The van der Waals surface area contributed by atoms with Crippen LogP contribution in [-0.2, 0) is 9.53 Å². The van der Waals surface area contributed by atoms with E-state index in [1.165, 1.54) is 6.07 Å². The summed E-state index contributed by atoms with van der Waals surface area (Å²) in [5.74, 6) is -0.375. The van der Waals surface area contributed by atoms with Crippen LogP contribution in [0.3, 0.4) is 0 Å². The van der Waals surface area contributed by atoms with Gasteiger partial charge < -0.3 is 15.4 Å². The zero-order valence-corrected chi connectivity index (χ0v) is 10.9. The van der Waals surface area contributed by atoms with E-state index >= 15 is 0 Å². The third-order valence-corrected chi connectivity index (χ3v) is 2.44. The average Bonchev–Trinajstić information content (AvgIpc) is 2.31. The first-order valence-electron chi connectivity index (χ1n) is 5.81. The summed E-state index contributed by atoms with van der Waals surface area (Å²) in [5.41, 5.74) is 1.27. The van der Waals surface area contributed by atoms with Crippen molar-refractivity contribution >= 4 is 11.6 Å². The predicted octanol–water partition coefficient (Wildman–Crippen LogP) is 1.70. The largest absolute Gasteiger partial charge is 0.383 e. The highest BCUT2D eigenvalue weighted by Crippen LogP contribution is 2.13. The third kappa shape index (κ3) is 4.71. The normalized spacial score (nSPS) is 12.0. The van der Waals surface area contributed by atoms with Crippen LogP contribution in [0.15, 0.2) is 18.2 Å². The van der Waals surface area contributed by atoms with Gasteiger partial charge in [-0.25, -0.2) is 4.39 Å². The molecule has 0 aliphatic carbocycles. The molecule has 18 heavy (non-hydrogen) atoms. The van der Waals surface area contributed by atoms with Crippen LogP contribution < -0.4 is 10.6 Å². The summed E-state index contributed by atoms with van der Waals surface area (Å²) < 4.78 is 18.0. The average molecular weight is 254 g/mol. The first kappa shape index (κ1) is 14.4. The summed E-state index contributed by atoms with van der Waals surface area (Å²) in [6, 6.07) is 4.62. The van der Waals surface area contributed by atoms with Gasteiger partial charge >= 0.3 is 0 Å². The van der Waals surface area contributed by atoms with Crippen molar-refractivity contribution in [3.05, 3.63) is 29.6 Å². The topological polar surface area (TPSA) is 50.4 Å². The Bertz CT molecular complexity index is 410. The minimum Gasteiger partial charge on any atom is -0.383 e. The highest BCUT2D eigenvalue weighted by molar-refractivity contribution is 5.80. The van der Waals surface area contributed by atoms with Gasteiger partial charge in [0.15, 0.2) is 0 Å². The SMILES string of the molecule is COCC(C)NC(=O)CNc1ccc(F)c(C)c1. The van der Waals surface area contributed by atoms with Crippen molar-refractivity contribution in [1.29, 1.82) is 0 Å². The van der Waals surface area contributed by atoms with Crippen LogP contribution in [0.5, 0.6) is 0 Å². The number of amides is 1. The monoisotopic (exact) mass is 254 g/mol. The molecule has 1 amide bonds. The molecule has 0 bridgehead atoms. The summed E-state index contributed by atoms with van der Waals surface area (Å²) in [6.45, 7) is 4.17. The molecule has 5 heteroatoms. The molecular weight excluding hydrogens is 235 g/mol. The van der Waals surface area contributed by atoms with Gasteiger partial charge in [-0.05, 0) is 37.6 Å². The Morgan fingerprint density at radius 1 is 1.50 bits per heavy atom. The fourth-order valence-corrected chi connectivity index (χ4v) is 1.55. The van der Waals surface area contributed by atoms with Crippen LogP contribution >= 0.6 is 0 Å². The quantitative estimate of drug-likeness (QED) is 0.812. The van der Waals surface area contributed by atoms with E-state index in [1.807, 2.05) is 6.92 Å². The summed E-state index contributed by atoms with van der Waals surface area (Å²) in [5, 5.41) is 5.72. The molecule has 0 aromatic heterocycles. The number of rotatable bonds is 6. The Hall–Kier alpha value is -1.62. The van der Waals surface area contributed by atoms with Crippen LogP contribution in [-0.4, -0.2) is 32.2 Å². The molecule has 4 nitrogen and oxygen atoms in total. The molecule has 0 saturated carbocycles.